The summed E-state index contributed by atoms with van der Waals surface area (Å²) in [5, 5.41) is 8.06. The molecule has 1 nitrogen and oxygen atoms in total. The van der Waals surface area contributed by atoms with Gasteiger partial charge in [-0.25, -0.2) is 0 Å². The third-order valence-electron chi connectivity index (χ3n) is 3.12. The van der Waals surface area contributed by atoms with Crippen molar-refractivity contribution in [3.8, 4) is 0 Å². The molecular formula is C15H21NS2. The third-order valence-corrected chi connectivity index (χ3v) is 5.19. The Morgan fingerprint density at radius 3 is 2.72 bits per heavy atom. The molecule has 0 saturated heterocycles. The van der Waals surface area contributed by atoms with Gasteiger partial charge in [0.2, 0.25) is 0 Å². The molecule has 18 heavy (non-hydrogen) atoms. The first-order valence-electron chi connectivity index (χ1n) is 6.61. The zero-order valence-electron chi connectivity index (χ0n) is 11.1. The molecule has 0 fully saturated rings. The second kappa shape index (κ2) is 7.07. The summed E-state index contributed by atoms with van der Waals surface area (Å²) in [5.74, 6) is 0. The molecule has 1 atom stereocenters. The van der Waals surface area contributed by atoms with Crippen LogP contribution in [0.15, 0.2) is 29.0 Å². The van der Waals surface area contributed by atoms with Crippen LogP contribution in [0.1, 0.15) is 41.1 Å². The van der Waals surface area contributed by atoms with Crippen LogP contribution in [0.2, 0.25) is 0 Å². The number of hydrogen-bond donors (Lipinski definition) is 1. The van der Waals surface area contributed by atoms with Gasteiger partial charge in [0.15, 0.2) is 0 Å². The van der Waals surface area contributed by atoms with Crippen LogP contribution in [0.4, 0.5) is 0 Å². The predicted molar refractivity (Wildman–Crippen MR) is 82.7 cm³/mol. The van der Waals surface area contributed by atoms with E-state index < -0.39 is 0 Å². The van der Waals surface area contributed by atoms with Crippen molar-refractivity contribution in [1.29, 1.82) is 0 Å². The molecule has 0 saturated carbocycles. The second-order valence-corrected chi connectivity index (χ2v) is 6.57. The molecule has 0 aromatic carbocycles. The van der Waals surface area contributed by atoms with Gasteiger partial charge >= 0.3 is 0 Å². The van der Waals surface area contributed by atoms with Crippen molar-refractivity contribution in [3.05, 3.63) is 44.3 Å². The molecule has 2 aromatic rings. The molecular weight excluding hydrogens is 258 g/mol. The van der Waals surface area contributed by atoms with Gasteiger partial charge in [0.1, 0.15) is 0 Å². The number of thiophene rings is 2. The van der Waals surface area contributed by atoms with Gasteiger partial charge in [0.05, 0.1) is 0 Å². The summed E-state index contributed by atoms with van der Waals surface area (Å²) >= 11 is 3.75. The molecule has 2 aromatic heterocycles. The lowest BCUT2D eigenvalue weighted by Crippen LogP contribution is -2.22. The van der Waals surface area contributed by atoms with Crippen molar-refractivity contribution in [2.24, 2.45) is 0 Å². The molecule has 2 rings (SSSR count). The molecule has 0 aliphatic heterocycles. The average molecular weight is 279 g/mol. The van der Waals surface area contributed by atoms with Gasteiger partial charge in [0.25, 0.3) is 0 Å². The highest BCUT2D eigenvalue weighted by molar-refractivity contribution is 7.10. The minimum absolute atomic E-state index is 0.520. The topological polar surface area (TPSA) is 12.0 Å². The predicted octanol–water partition coefficient (Wildman–Crippen LogP) is 4.79. The van der Waals surface area contributed by atoms with Crippen LogP contribution >= 0.6 is 22.7 Å². The van der Waals surface area contributed by atoms with Crippen LogP contribution in [0, 0.1) is 6.92 Å². The fourth-order valence-electron chi connectivity index (χ4n) is 2.13. The Bertz CT molecular complexity index is 445. The van der Waals surface area contributed by atoms with Gasteiger partial charge in [-0.15, -0.1) is 22.7 Å². The maximum absolute atomic E-state index is 3.69. The van der Waals surface area contributed by atoms with E-state index in [1.54, 1.807) is 0 Å². The van der Waals surface area contributed by atoms with Crippen molar-refractivity contribution in [2.45, 2.75) is 39.2 Å². The van der Waals surface area contributed by atoms with Crippen LogP contribution in [-0.4, -0.2) is 6.54 Å². The number of rotatable bonds is 7. The smallest absolute Gasteiger partial charge is 0.0420 e. The summed E-state index contributed by atoms with van der Waals surface area (Å²) in [4.78, 5) is 3.01. The Morgan fingerprint density at radius 2 is 2.11 bits per heavy atom. The van der Waals surface area contributed by atoms with E-state index in [9.17, 15) is 0 Å². The summed E-state index contributed by atoms with van der Waals surface area (Å²) in [6.07, 6.45) is 3.57. The van der Waals surface area contributed by atoms with E-state index in [2.05, 4.69) is 48.1 Å². The molecule has 3 heteroatoms. The fraction of sp³-hybridized carbons (Fsp3) is 0.467. The number of aryl methyl sites for hydroxylation is 2. The largest absolute Gasteiger partial charge is 0.309 e. The minimum atomic E-state index is 0.520. The number of nitrogens with one attached hydrogen (secondary N) is 1. The maximum Gasteiger partial charge on any atom is 0.0420 e. The van der Waals surface area contributed by atoms with Crippen LogP contribution in [0.25, 0.3) is 0 Å². The fourth-order valence-corrected chi connectivity index (χ4v) is 3.89. The number of hydrogen-bond acceptors (Lipinski definition) is 3. The molecule has 1 N–H and O–H groups in total. The minimum Gasteiger partial charge on any atom is -0.309 e. The van der Waals surface area contributed by atoms with Crippen LogP contribution in [0.5, 0.6) is 0 Å². The van der Waals surface area contributed by atoms with E-state index in [0.29, 0.717) is 6.04 Å². The van der Waals surface area contributed by atoms with E-state index in [-0.39, 0.29) is 0 Å². The summed E-state index contributed by atoms with van der Waals surface area (Å²) in [7, 11) is 0. The zero-order chi connectivity index (χ0) is 12.8. The first-order chi connectivity index (χ1) is 8.81. The Kier molecular flexibility index (Phi) is 5.42. The van der Waals surface area contributed by atoms with E-state index in [0.717, 1.165) is 6.54 Å². The molecule has 1 unspecified atom stereocenters. The van der Waals surface area contributed by atoms with E-state index >= 15 is 0 Å². The zero-order valence-corrected chi connectivity index (χ0v) is 12.7. The molecule has 0 amide bonds. The van der Waals surface area contributed by atoms with Gasteiger partial charge in [0, 0.05) is 15.8 Å². The van der Waals surface area contributed by atoms with E-state index in [1.165, 1.54) is 34.6 Å². The lowest BCUT2D eigenvalue weighted by Gasteiger charge is -2.18. The van der Waals surface area contributed by atoms with Crippen LogP contribution < -0.4 is 5.32 Å². The summed E-state index contributed by atoms with van der Waals surface area (Å²) in [6.45, 7) is 5.55. The second-order valence-electron chi connectivity index (χ2n) is 4.59. The summed E-state index contributed by atoms with van der Waals surface area (Å²) in [5.41, 5.74) is 1.43. The average Bonchev–Trinajstić information content (AvgIpc) is 3.01. The van der Waals surface area contributed by atoms with Crippen LogP contribution in [0.3, 0.4) is 0 Å². The molecule has 0 aliphatic rings. The maximum atomic E-state index is 3.69. The molecule has 0 spiro atoms. The van der Waals surface area contributed by atoms with Crippen molar-refractivity contribution in [1.82, 2.24) is 5.32 Å². The van der Waals surface area contributed by atoms with Gasteiger partial charge < -0.3 is 5.32 Å². The molecule has 0 aliphatic carbocycles. The van der Waals surface area contributed by atoms with Crippen molar-refractivity contribution in [2.75, 3.05) is 6.54 Å². The lowest BCUT2D eigenvalue weighted by atomic mass is 10.1. The quantitative estimate of drug-likeness (QED) is 0.768. The highest BCUT2D eigenvalue weighted by Crippen LogP contribution is 2.28. The van der Waals surface area contributed by atoms with Crippen molar-refractivity contribution in [3.63, 3.8) is 0 Å². The summed E-state index contributed by atoms with van der Waals surface area (Å²) in [6, 6.07) is 7.13. The third kappa shape index (κ3) is 3.67. The highest BCUT2D eigenvalue weighted by atomic mass is 32.1. The highest BCUT2D eigenvalue weighted by Gasteiger charge is 2.14. The Morgan fingerprint density at radius 1 is 1.22 bits per heavy atom. The van der Waals surface area contributed by atoms with Crippen molar-refractivity contribution >= 4 is 22.7 Å². The monoisotopic (exact) mass is 279 g/mol. The summed E-state index contributed by atoms with van der Waals surface area (Å²) < 4.78 is 0. The standard InChI is InChI=1S/C15H21NS2/c1-3-9-16-14(15-12(2)8-11-18-15)7-6-13-5-4-10-17-13/h4-5,8,10-11,14,16H,3,6-7,9H2,1-2H3. The molecule has 0 bridgehead atoms. The first kappa shape index (κ1) is 13.8. The SMILES string of the molecule is CCCNC(CCc1cccs1)c1sccc1C. The van der Waals surface area contributed by atoms with Gasteiger partial charge in [-0.05, 0) is 61.2 Å². The Hall–Kier alpha value is -0.640. The Balaban J connectivity index is 1.99. The van der Waals surface area contributed by atoms with Crippen LogP contribution in [-0.2, 0) is 6.42 Å². The molecule has 2 heterocycles. The van der Waals surface area contributed by atoms with Crippen molar-refractivity contribution < 1.29 is 0 Å². The Labute approximate surface area is 118 Å². The molecule has 0 radical (unpaired) electrons. The normalized spacial score (nSPS) is 12.8. The molecule has 98 valence electrons. The van der Waals surface area contributed by atoms with Gasteiger partial charge in [-0.1, -0.05) is 13.0 Å². The van der Waals surface area contributed by atoms with E-state index in [4.69, 9.17) is 0 Å². The van der Waals surface area contributed by atoms with E-state index in [1.807, 2.05) is 22.7 Å². The van der Waals surface area contributed by atoms with Gasteiger partial charge in [-0.2, -0.15) is 0 Å². The first-order valence-corrected chi connectivity index (χ1v) is 8.37. The lowest BCUT2D eigenvalue weighted by molar-refractivity contribution is 0.506. The van der Waals surface area contributed by atoms with Gasteiger partial charge in [-0.3, -0.25) is 0 Å².